The van der Waals surface area contributed by atoms with Crippen molar-refractivity contribution in [1.82, 2.24) is 0 Å². The summed E-state index contributed by atoms with van der Waals surface area (Å²) in [5.41, 5.74) is 2.25. The summed E-state index contributed by atoms with van der Waals surface area (Å²) in [6, 6.07) is 1.93. The van der Waals surface area contributed by atoms with Crippen LogP contribution in [0.4, 0.5) is 0 Å². The summed E-state index contributed by atoms with van der Waals surface area (Å²) in [5, 5.41) is 9.07. The van der Waals surface area contributed by atoms with Crippen molar-refractivity contribution < 1.29 is 0 Å². The van der Waals surface area contributed by atoms with Gasteiger partial charge in [0.25, 0.3) is 5.70 Å². The van der Waals surface area contributed by atoms with Gasteiger partial charge in [-0.05, 0) is 11.1 Å². The molecule has 18 heavy (non-hydrogen) atoms. The molecule has 0 amide bonds. The fourth-order valence-electron chi connectivity index (χ4n) is 1.59. The van der Waals surface area contributed by atoms with Crippen LogP contribution in [-0.2, 0) is 0 Å². The molecule has 2 heteroatoms. The number of hydrogen-bond donors (Lipinski definition) is 0. The van der Waals surface area contributed by atoms with Gasteiger partial charge in [-0.25, -0.2) is 10.1 Å². The second kappa shape index (κ2) is 6.68. The van der Waals surface area contributed by atoms with Crippen molar-refractivity contribution in [2.45, 2.75) is 0 Å². The van der Waals surface area contributed by atoms with Crippen molar-refractivity contribution >= 4 is 0 Å². The summed E-state index contributed by atoms with van der Waals surface area (Å²) in [6.45, 7) is 14.4. The third-order valence-electron chi connectivity index (χ3n) is 2.29. The van der Waals surface area contributed by atoms with Gasteiger partial charge in [0.2, 0.25) is 0 Å². The van der Waals surface area contributed by atoms with Crippen LogP contribution in [0.5, 0.6) is 0 Å². The molecular formula is C16H12N2. The maximum Gasteiger partial charge on any atom is 0.270 e. The standard InChI is InChI=1S/C16H12N2/c1-4-8-13-10-6-7-11-14(9-5-2)16(13)15(12-17)18-3/h4-11H,1-2H2/b13-8+,14-9+. The van der Waals surface area contributed by atoms with E-state index >= 15 is 0 Å². The van der Waals surface area contributed by atoms with Crippen LogP contribution >= 0.6 is 0 Å². The molecule has 0 heterocycles. The van der Waals surface area contributed by atoms with Crippen LogP contribution in [0.15, 0.2) is 84.2 Å². The molecule has 0 aromatic heterocycles. The summed E-state index contributed by atoms with van der Waals surface area (Å²) in [7, 11) is 0. The number of nitriles is 1. The largest absolute Gasteiger partial charge is 0.270 e. The normalized spacial score (nSPS) is 18.0. The molecule has 2 nitrogen and oxygen atoms in total. The smallest absolute Gasteiger partial charge is 0.226 e. The van der Waals surface area contributed by atoms with Crippen molar-refractivity contribution in [3.8, 4) is 6.07 Å². The van der Waals surface area contributed by atoms with Gasteiger partial charge in [-0.2, -0.15) is 0 Å². The first-order chi connectivity index (χ1) is 8.78. The molecule has 0 aliphatic heterocycles. The Morgan fingerprint density at radius 1 is 1.17 bits per heavy atom. The van der Waals surface area contributed by atoms with E-state index in [1.54, 1.807) is 24.3 Å². The zero-order valence-electron chi connectivity index (χ0n) is 9.93. The van der Waals surface area contributed by atoms with Crippen molar-refractivity contribution in [1.29, 1.82) is 5.26 Å². The zero-order chi connectivity index (χ0) is 13.4. The summed E-state index contributed by atoms with van der Waals surface area (Å²) >= 11 is 0. The Morgan fingerprint density at radius 2 is 1.67 bits per heavy atom. The summed E-state index contributed by atoms with van der Waals surface area (Å²) in [6.07, 6.45) is 14.2. The maximum absolute atomic E-state index is 9.07. The predicted molar refractivity (Wildman–Crippen MR) is 74.1 cm³/mol. The first-order valence-electron chi connectivity index (χ1n) is 5.31. The molecule has 0 bridgehead atoms. The Hall–Kier alpha value is -2.84. The van der Waals surface area contributed by atoms with Gasteiger partial charge in [-0.15, -0.1) is 0 Å². The van der Waals surface area contributed by atoms with Gasteiger partial charge in [0.05, 0.1) is 12.6 Å². The number of nitrogens with zero attached hydrogens (tertiary/aromatic N) is 2. The minimum Gasteiger partial charge on any atom is -0.226 e. The van der Waals surface area contributed by atoms with Crippen molar-refractivity contribution in [3.05, 3.63) is 95.6 Å². The van der Waals surface area contributed by atoms with E-state index in [1.807, 2.05) is 30.4 Å². The molecule has 86 valence electrons. The van der Waals surface area contributed by atoms with Gasteiger partial charge in [-0.1, -0.05) is 61.8 Å². The van der Waals surface area contributed by atoms with Gasteiger partial charge in [-0.3, -0.25) is 0 Å². The Balaban J connectivity index is 3.64. The lowest BCUT2D eigenvalue weighted by molar-refractivity contribution is 1.40. The Labute approximate surface area is 107 Å². The van der Waals surface area contributed by atoms with E-state index in [2.05, 4.69) is 18.0 Å². The average Bonchev–Trinajstić information content (AvgIpc) is 2.56. The fourth-order valence-corrected chi connectivity index (χ4v) is 1.59. The van der Waals surface area contributed by atoms with Crippen LogP contribution in [0, 0.1) is 17.9 Å². The van der Waals surface area contributed by atoms with Crippen LogP contribution in [0.25, 0.3) is 4.85 Å². The quantitative estimate of drug-likeness (QED) is 0.521. The molecule has 0 aromatic rings. The highest BCUT2D eigenvalue weighted by Gasteiger charge is 2.14. The zero-order valence-corrected chi connectivity index (χ0v) is 9.93. The van der Waals surface area contributed by atoms with E-state index in [-0.39, 0.29) is 5.70 Å². The topological polar surface area (TPSA) is 28.1 Å². The number of rotatable bonds is 2. The van der Waals surface area contributed by atoms with E-state index in [4.69, 9.17) is 11.8 Å². The highest BCUT2D eigenvalue weighted by molar-refractivity contribution is 5.64. The van der Waals surface area contributed by atoms with Gasteiger partial charge in [0.15, 0.2) is 0 Å². The molecule has 0 unspecified atom stereocenters. The van der Waals surface area contributed by atoms with Crippen LogP contribution in [0.2, 0.25) is 0 Å². The SMILES string of the molecule is [C-]#[N+]C(C#N)=C1/C(=C/C=C)C=CC=C/C1=C\C=C. The minimum atomic E-state index is 0.0624. The van der Waals surface area contributed by atoms with Crippen LogP contribution in [-0.4, -0.2) is 0 Å². The molecule has 0 spiro atoms. The average molecular weight is 232 g/mol. The lowest BCUT2D eigenvalue weighted by atomic mass is 9.96. The van der Waals surface area contributed by atoms with E-state index in [1.165, 1.54) is 0 Å². The van der Waals surface area contributed by atoms with E-state index in [0.29, 0.717) is 5.57 Å². The van der Waals surface area contributed by atoms with E-state index in [9.17, 15) is 0 Å². The van der Waals surface area contributed by atoms with Gasteiger partial charge >= 0.3 is 0 Å². The molecule has 0 saturated heterocycles. The first-order valence-corrected chi connectivity index (χ1v) is 5.31. The maximum atomic E-state index is 9.07. The monoisotopic (exact) mass is 232 g/mol. The third-order valence-corrected chi connectivity index (χ3v) is 2.29. The molecule has 0 saturated carbocycles. The highest BCUT2D eigenvalue weighted by Crippen LogP contribution is 2.28. The first kappa shape index (κ1) is 13.2. The summed E-state index contributed by atoms with van der Waals surface area (Å²) < 4.78 is 0. The van der Waals surface area contributed by atoms with Crippen molar-refractivity contribution in [2.75, 3.05) is 0 Å². The van der Waals surface area contributed by atoms with Gasteiger partial charge in [0, 0.05) is 5.57 Å². The van der Waals surface area contributed by atoms with Crippen LogP contribution < -0.4 is 0 Å². The minimum absolute atomic E-state index is 0.0624. The van der Waals surface area contributed by atoms with E-state index < -0.39 is 0 Å². The Morgan fingerprint density at radius 3 is 2.00 bits per heavy atom. The Bertz CT molecular complexity index is 542. The molecule has 0 N–H and O–H groups in total. The second-order valence-electron chi connectivity index (χ2n) is 3.38. The molecule has 0 aromatic carbocycles. The van der Waals surface area contributed by atoms with E-state index in [0.717, 1.165) is 11.1 Å². The highest BCUT2D eigenvalue weighted by atomic mass is 14.7. The fraction of sp³-hybridized carbons (Fsp3) is 0. The van der Waals surface area contributed by atoms with Crippen molar-refractivity contribution in [2.24, 2.45) is 0 Å². The van der Waals surface area contributed by atoms with Gasteiger partial charge in [0.1, 0.15) is 0 Å². The molecule has 0 atom stereocenters. The molecule has 1 rings (SSSR count). The van der Waals surface area contributed by atoms with Crippen LogP contribution in [0.3, 0.4) is 0 Å². The summed E-state index contributed by atoms with van der Waals surface area (Å²) in [5.74, 6) is 0. The lowest BCUT2D eigenvalue weighted by Gasteiger charge is -2.08. The number of allylic oxidation sites excluding steroid dienone is 12. The molecular weight excluding hydrogens is 220 g/mol. The third kappa shape index (κ3) is 2.84. The lowest BCUT2D eigenvalue weighted by Crippen LogP contribution is -1.93. The summed E-state index contributed by atoms with van der Waals surface area (Å²) in [4.78, 5) is 3.29. The van der Waals surface area contributed by atoms with Crippen LogP contribution in [0.1, 0.15) is 0 Å². The second-order valence-corrected chi connectivity index (χ2v) is 3.38. The molecule has 0 fully saturated rings. The molecule has 0 radical (unpaired) electrons. The predicted octanol–water partition coefficient (Wildman–Crippen LogP) is 4.03. The van der Waals surface area contributed by atoms with Gasteiger partial charge < -0.3 is 0 Å². The molecule has 1 aliphatic carbocycles. The van der Waals surface area contributed by atoms with Crippen molar-refractivity contribution in [3.63, 3.8) is 0 Å². The number of hydrogen-bond acceptors (Lipinski definition) is 1. The Kier molecular flexibility index (Phi) is 4.91. The molecule has 1 aliphatic rings.